The van der Waals surface area contributed by atoms with E-state index in [0.717, 1.165) is 12.5 Å². The molecule has 1 aliphatic rings. The molecule has 0 aliphatic heterocycles. The van der Waals surface area contributed by atoms with Gasteiger partial charge in [0.05, 0.1) is 0 Å². The van der Waals surface area contributed by atoms with Gasteiger partial charge in [-0.25, -0.2) is 0 Å². The third kappa shape index (κ3) is 5.72. The van der Waals surface area contributed by atoms with Crippen LogP contribution in [0.5, 0.6) is 0 Å². The second-order valence-corrected chi connectivity index (χ2v) is 7.28. The van der Waals surface area contributed by atoms with Crippen LogP contribution in [0.15, 0.2) is 28.7 Å². The summed E-state index contributed by atoms with van der Waals surface area (Å²) in [7, 11) is 2.28. The van der Waals surface area contributed by atoms with Crippen molar-refractivity contribution >= 4 is 15.9 Å². The van der Waals surface area contributed by atoms with E-state index in [2.05, 4.69) is 64.4 Å². The second kappa shape index (κ2) is 8.92. The number of halogens is 1. The molecule has 0 saturated heterocycles. The second-order valence-electron chi connectivity index (χ2n) is 6.37. The summed E-state index contributed by atoms with van der Waals surface area (Å²) < 4.78 is 1.17. The molecular formula is C18H29BrN2. The number of nitrogens with one attached hydrogen (secondary N) is 1. The van der Waals surface area contributed by atoms with Gasteiger partial charge in [0, 0.05) is 17.1 Å². The third-order valence-electron chi connectivity index (χ3n) is 4.55. The molecule has 21 heavy (non-hydrogen) atoms. The maximum absolute atomic E-state index is 3.63. The molecule has 1 aromatic carbocycles. The highest BCUT2D eigenvalue weighted by atomic mass is 79.9. The van der Waals surface area contributed by atoms with E-state index in [9.17, 15) is 0 Å². The van der Waals surface area contributed by atoms with Crippen LogP contribution in [0.4, 0.5) is 0 Å². The van der Waals surface area contributed by atoms with Crippen LogP contribution in [-0.2, 0) is 0 Å². The van der Waals surface area contributed by atoms with Gasteiger partial charge in [0.2, 0.25) is 0 Å². The Kier molecular flexibility index (Phi) is 7.21. The molecule has 1 unspecified atom stereocenters. The van der Waals surface area contributed by atoms with Crippen LogP contribution in [-0.4, -0.2) is 31.6 Å². The zero-order valence-corrected chi connectivity index (χ0v) is 15.0. The Hall–Kier alpha value is -0.380. The molecule has 0 bridgehead atoms. The van der Waals surface area contributed by atoms with Gasteiger partial charge in [-0.15, -0.1) is 0 Å². The van der Waals surface area contributed by atoms with Gasteiger partial charge in [0.1, 0.15) is 0 Å². The molecule has 1 atom stereocenters. The van der Waals surface area contributed by atoms with E-state index in [-0.39, 0.29) is 0 Å². The summed E-state index contributed by atoms with van der Waals surface area (Å²) in [5.74, 6) is 0.943. The lowest BCUT2D eigenvalue weighted by Gasteiger charge is -2.25. The number of hydrogen-bond donors (Lipinski definition) is 1. The quantitative estimate of drug-likeness (QED) is 0.734. The topological polar surface area (TPSA) is 15.3 Å². The van der Waals surface area contributed by atoms with E-state index in [1.165, 1.54) is 55.2 Å². The van der Waals surface area contributed by atoms with Crippen molar-refractivity contribution in [2.24, 2.45) is 5.92 Å². The molecule has 3 heteroatoms. The van der Waals surface area contributed by atoms with E-state index in [0.29, 0.717) is 6.04 Å². The zero-order chi connectivity index (χ0) is 15.1. The van der Waals surface area contributed by atoms with E-state index in [4.69, 9.17) is 0 Å². The van der Waals surface area contributed by atoms with E-state index >= 15 is 0 Å². The standard InChI is InChI=1S/C18H29BrN2/c1-3-20-18(16-9-6-10-17(19)13-16)11-12-21(2)14-15-7-4-5-8-15/h6,9-10,13,15,18,20H,3-5,7-8,11-12,14H2,1-2H3. The van der Waals surface area contributed by atoms with Gasteiger partial charge in [-0.2, -0.15) is 0 Å². The highest BCUT2D eigenvalue weighted by Crippen LogP contribution is 2.26. The predicted octanol–water partition coefficient (Wildman–Crippen LogP) is 4.61. The first-order chi connectivity index (χ1) is 10.2. The van der Waals surface area contributed by atoms with Gasteiger partial charge in [-0.3, -0.25) is 0 Å². The molecule has 1 aliphatic carbocycles. The normalized spacial score (nSPS) is 17.5. The van der Waals surface area contributed by atoms with Crippen molar-refractivity contribution in [2.75, 3.05) is 26.7 Å². The van der Waals surface area contributed by atoms with E-state index in [1.807, 2.05) is 0 Å². The third-order valence-corrected chi connectivity index (χ3v) is 5.04. The molecule has 0 spiro atoms. The number of rotatable bonds is 8. The van der Waals surface area contributed by atoms with Gasteiger partial charge < -0.3 is 10.2 Å². The molecule has 0 amide bonds. The van der Waals surface area contributed by atoms with Crippen LogP contribution in [0.1, 0.15) is 50.6 Å². The van der Waals surface area contributed by atoms with Crippen molar-refractivity contribution in [2.45, 2.75) is 45.1 Å². The first-order valence-electron chi connectivity index (χ1n) is 8.36. The Balaban J connectivity index is 1.84. The smallest absolute Gasteiger partial charge is 0.0332 e. The van der Waals surface area contributed by atoms with Crippen molar-refractivity contribution < 1.29 is 0 Å². The Morgan fingerprint density at radius 2 is 2.10 bits per heavy atom. The van der Waals surface area contributed by atoms with Crippen LogP contribution < -0.4 is 5.32 Å². The largest absolute Gasteiger partial charge is 0.310 e. The average Bonchev–Trinajstić information content (AvgIpc) is 2.96. The monoisotopic (exact) mass is 352 g/mol. The van der Waals surface area contributed by atoms with E-state index in [1.54, 1.807) is 0 Å². The Morgan fingerprint density at radius 3 is 2.76 bits per heavy atom. The van der Waals surface area contributed by atoms with Crippen molar-refractivity contribution in [3.05, 3.63) is 34.3 Å². The fourth-order valence-corrected chi connectivity index (χ4v) is 3.85. The molecule has 0 heterocycles. The molecule has 118 valence electrons. The average molecular weight is 353 g/mol. The summed E-state index contributed by atoms with van der Waals surface area (Å²) in [5, 5.41) is 3.63. The highest BCUT2D eigenvalue weighted by Gasteiger charge is 2.18. The van der Waals surface area contributed by atoms with Crippen molar-refractivity contribution in [3.8, 4) is 0 Å². The molecule has 0 radical (unpaired) electrons. The minimum Gasteiger partial charge on any atom is -0.310 e. The zero-order valence-electron chi connectivity index (χ0n) is 13.4. The summed E-state index contributed by atoms with van der Waals surface area (Å²) in [5.41, 5.74) is 1.39. The molecule has 0 aromatic heterocycles. The minimum absolute atomic E-state index is 0.457. The molecular weight excluding hydrogens is 324 g/mol. The summed E-state index contributed by atoms with van der Waals surface area (Å²) in [4.78, 5) is 2.53. The van der Waals surface area contributed by atoms with Crippen LogP contribution in [0, 0.1) is 5.92 Å². The van der Waals surface area contributed by atoms with Crippen LogP contribution >= 0.6 is 15.9 Å². The van der Waals surface area contributed by atoms with E-state index < -0.39 is 0 Å². The van der Waals surface area contributed by atoms with Crippen LogP contribution in [0.25, 0.3) is 0 Å². The predicted molar refractivity (Wildman–Crippen MR) is 94.6 cm³/mol. The minimum atomic E-state index is 0.457. The first-order valence-corrected chi connectivity index (χ1v) is 9.15. The van der Waals surface area contributed by atoms with Crippen molar-refractivity contribution in [1.82, 2.24) is 10.2 Å². The fraction of sp³-hybridized carbons (Fsp3) is 0.667. The van der Waals surface area contributed by atoms with Gasteiger partial charge in [0.15, 0.2) is 0 Å². The lowest BCUT2D eigenvalue weighted by atomic mass is 10.0. The maximum atomic E-state index is 3.63. The molecule has 2 nitrogen and oxygen atoms in total. The number of benzene rings is 1. The summed E-state index contributed by atoms with van der Waals surface area (Å²) >= 11 is 3.58. The van der Waals surface area contributed by atoms with Gasteiger partial charge in [-0.05, 0) is 63.0 Å². The molecule has 1 N–H and O–H groups in total. The summed E-state index contributed by atoms with van der Waals surface area (Å²) in [6, 6.07) is 9.16. The molecule has 1 fully saturated rings. The van der Waals surface area contributed by atoms with Crippen LogP contribution in [0.3, 0.4) is 0 Å². The van der Waals surface area contributed by atoms with Gasteiger partial charge in [0.25, 0.3) is 0 Å². The highest BCUT2D eigenvalue weighted by molar-refractivity contribution is 9.10. The van der Waals surface area contributed by atoms with Gasteiger partial charge >= 0.3 is 0 Å². The van der Waals surface area contributed by atoms with Crippen molar-refractivity contribution in [3.63, 3.8) is 0 Å². The lowest BCUT2D eigenvalue weighted by Crippen LogP contribution is -2.30. The summed E-state index contributed by atoms with van der Waals surface area (Å²) in [6.45, 7) is 5.65. The van der Waals surface area contributed by atoms with Crippen LogP contribution in [0.2, 0.25) is 0 Å². The summed E-state index contributed by atoms with van der Waals surface area (Å²) in [6.07, 6.45) is 6.93. The SMILES string of the molecule is CCNC(CCN(C)CC1CCCC1)c1cccc(Br)c1. The lowest BCUT2D eigenvalue weighted by molar-refractivity contribution is 0.263. The Bertz CT molecular complexity index is 415. The van der Waals surface area contributed by atoms with Crippen molar-refractivity contribution in [1.29, 1.82) is 0 Å². The first kappa shape index (κ1) is 17.0. The Morgan fingerprint density at radius 1 is 1.33 bits per heavy atom. The Labute approximate surface area is 138 Å². The maximum Gasteiger partial charge on any atom is 0.0332 e. The molecule has 2 rings (SSSR count). The molecule has 1 aromatic rings. The molecule has 1 saturated carbocycles. The number of hydrogen-bond acceptors (Lipinski definition) is 2. The fourth-order valence-electron chi connectivity index (χ4n) is 3.43. The van der Waals surface area contributed by atoms with Gasteiger partial charge in [-0.1, -0.05) is 47.8 Å². The number of nitrogens with zero attached hydrogens (tertiary/aromatic N) is 1.